The predicted molar refractivity (Wildman–Crippen MR) is 82.2 cm³/mol. The summed E-state index contributed by atoms with van der Waals surface area (Å²) in [6, 6.07) is 6.94. The first-order valence-corrected chi connectivity index (χ1v) is 8.07. The van der Waals surface area contributed by atoms with Crippen molar-refractivity contribution in [1.82, 2.24) is 10.2 Å². The third kappa shape index (κ3) is 3.84. The lowest BCUT2D eigenvalue weighted by Gasteiger charge is -2.17. The maximum Gasteiger partial charge on any atom is 0.234 e. The molecule has 1 N–H and O–H groups in total. The van der Waals surface area contributed by atoms with E-state index < -0.39 is 0 Å². The van der Waals surface area contributed by atoms with Crippen molar-refractivity contribution in [1.29, 1.82) is 0 Å². The Morgan fingerprint density at radius 3 is 3.00 bits per heavy atom. The van der Waals surface area contributed by atoms with Crippen LogP contribution in [0.3, 0.4) is 0 Å². The number of amides is 1. The monoisotopic (exact) mass is 306 g/mol. The van der Waals surface area contributed by atoms with Crippen molar-refractivity contribution < 1.29 is 13.9 Å². The molecule has 2 aliphatic heterocycles. The second-order valence-corrected chi connectivity index (χ2v) is 6.18. The van der Waals surface area contributed by atoms with E-state index in [1.54, 1.807) is 6.07 Å². The van der Waals surface area contributed by atoms with Crippen molar-refractivity contribution in [2.24, 2.45) is 0 Å². The van der Waals surface area contributed by atoms with Crippen LogP contribution in [0.5, 0.6) is 0 Å². The van der Waals surface area contributed by atoms with Crippen LogP contribution in [-0.2, 0) is 9.53 Å². The zero-order valence-electron chi connectivity index (χ0n) is 12.8. The molecule has 5 heteroatoms. The molecule has 2 aliphatic rings. The molecule has 2 heterocycles. The van der Waals surface area contributed by atoms with Crippen LogP contribution in [0.1, 0.15) is 30.7 Å². The molecule has 0 spiro atoms. The minimum Gasteiger partial charge on any atom is -0.376 e. The summed E-state index contributed by atoms with van der Waals surface area (Å²) in [7, 11) is 0. The fourth-order valence-corrected chi connectivity index (χ4v) is 3.33. The van der Waals surface area contributed by atoms with E-state index in [4.69, 9.17) is 4.74 Å². The molecular formula is C17H23FN2O2. The number of hydrogen-bond acceptors (Lipinski definition) is 3. The van der Waals surface area contributed by atoms with Crippen molar-refractivity contribution >= 4 is 5.91 Å². The Bertz CT molecular complexity index is 517. The summed E-state index contributed by atoms with van der Waals surface area (Å²) < 4.78 is 19.3. The molecular weight excluding hydrogens is 283 g/mol. The average molecular weight is 306 g/mol. The molecule has 22 heavy (non-hydrogen) atoms. The molecule has 1 amide bonds. The highest BCUT2D eigenvalue weighted by atomic mass is 19.1. The number of likely N-dealkylation sites (tertiary alicyclic amines) is 1. The van der Waals surface area contributed by atoms with Gasteiger partial charge >= 0.3 is 0 Å². The lowest BCUT2D eigenvalue weighted by molar-refractivity contribution is -0.122. The van der Waals surface area contributed by atoms with Gasteiger partial charge in [-0.1, -0.05) is 18.2 Å². The summed E-state index contributed by atoms with van der Waals surface area (Å²) in [5.41, 5.74) is 0.768. The largest absolute Gasteiger partial charge is 0.376 e. The van der Waals surface area contributed by atoms with Crippen molar-refractivity contribution in [3.63, 3.8) is 0 Å². The zero-order valence-corrected chi connectivity index (χ0v) is 12.8. The van der Waals surface area contributed by atoms with E-state index in [1.807, 2.05) is 12.1 Å². The molecule has 3 rings (SSSR count). The summed E-state index contributed by atoms with van der Waals surface area (Å²) in [6.07, 6.45) is 3.18. The molecule has 2 saturated heterocycles. The van der Waals surface area contributed by atoms with Crippen molar-refractivity contribution in [2.75, 3.05) is 32.8 Å². The smallest absolute Gasteiger partial charge is 0.234 e. The Morgan fingerprint density at radius 2 is 2.23 bits per heavy atom. The van der Waals surface area contributed by atoms with Gasteiger partial charge in [0.2, 0.25) is 5.91 Å². The first-order chi connectivity index (χ1) is 10.7. The molecule has 4 nitrogen and oxygen atoms in total. The Labute approximate surface area is 130 Å². The molecule has 2 unspecified atom stereocenters. The average Bonchev–Trinajstić information content (AvgIpc) is 3.17. The molecule has 2 atom stereocenters. The summed E-state index contributed by atoms with van der Waals surface area (Å²) in [6.45, 7) is 3.37. The topological polar surface area (TPSA) is 41.6 Å². The molecule has 0 saturated carbocycles. The fourth-order valence-electron chi connectivity index (χ4n) is 3.33. The van der Waals surface area contributed by atoms with Crippen molar-refractivity contribution in [3.8, 4) is 0 Å². The number of benzene rings is 1. The summed E-state index contributed by atoms with van der Waals surface area (Å²) in [4.78, 5) is 14.1. The molecule has 120 valence electrons. The number of rotatable bonds is 5. The number of halogens is 1. The van der Waals surface area contributed by atoms with Crippen LogP contribution in [0.2, 0.25) is 0 Å². The van der Waals surface area contributed by atoms with Gasteiger partial charge in [0.05, 0.1) is 12.6 Å². The minimum atomic E-state index is -0.141. The van der Waals surface area contributed by atoms with E-state index >= 15 is 0 Å². The fraction of sp³-hybridized carbons (Fsp3) is 0.588. The number of nitrogens with one attached hydrogen (secondary N) is 1. The van der Waals surface area contributed by atoms with Gasteiger partial charge in [-0.2, -0.15) is 0 Å². The van der Waals surface area contributed by atoms with Gasteiger partial charge in [-0.15, -0.1) is 0 Å². The van der Waals surface area contributed by atoms with E-state index in [1.165, 1.54) is 6.07 Å². The van der Waals surface area contributed by atoms with Gasteiger partial charge in [0, 0.05) is 25.6 Å². The highest BCUT2D eigenvalue weighted by molar-refractivity contribution is 5.78. The standard InChI is InChI=1S/C17H23FN2O2/c18-16-6-2-1-5-15(16)13-7-8-20(11-13)12-17(21)19-10-14-4-3-9-22-14/h1-2,5-6,13-14H,3-4,7-12H2,(H,19,21). The number of carbonyl (C=O) groups is 1. The van der Waals surface area contributed by atoms with Gasteiger partial charge in [0.15, 0.2) is 0 Å². The SMILES string of the molecule is O=C(CN1CCC(c2ccccc2F)C1)NCC1CCCO1. The highest BCUT2D eigenvalue weighted by Gasteiger charge is 2.27. The van der Waals surface area contributed by atoms with Crippen LogP contribution < -0.4 is 5.32 Å². The maximum absolute atomic E-state index is 13.8. The number of ether oxygens (including phenoxy) is 1. The highest BCUT2D eigenvalue weighted by Crippen LogP contribution is 2.28. The Hall–Kier alpha value is -1.46. The van der Waals surface area contributed by atoms with Crippen LogP contribution >= 0.6 is 0 Å². The molecule has 0 aliphatic carbocycles. The Morgan fingerprint density at radius 1 is 1.36 bits per heavy atom. The quantitative estimate of drug-likeness (QED) is 0.903. The normalized spacial score (nSPS) is 25.5. The van der Waals surface area contributed by atoms with Crippen LogP contribution in [0.15, 0.2) is 24.3 Å². The summed E-state index contributed by atoms with van der Waals surface area (Å²) in [5.74, 6) is 0.0778. The van der Waals surface area contributed by atoms with E-state index in [2.05, 4.69) is 10.2 Å². The number of hydrogen-bond donors (Lipinski definition) is 1. The second-order valence-electron chi connectivity index (χ2n) is 6.18. The van der Waals surface area contributed by atoms with Crippen LogP contribution in [0, 0.1) is 5.82 Å². The minimum absolute atomic E-state index is 0.0321. The molecule has 0 bridgehead atoms. The maximum atomic E-state index is 13.8. The van der Waals surface area contributed by atoms with Gasteiger partial charge in [-0.25, -0.2) is 4.39 Å². The Kier molecular flexibility index (Phi) is 5.05. The van der Waals surface area contributed by atoms with E-state index in [-0.39, 0.29) is 23.7 Å². The molecule has 0 aromatic heterocycles. The second kappa shape index (κ2) is 7.20. The zero-order chi connectivity index (χ0) is 15.4. The van der Waals surface area contributed by atoms with Gasteiger partial charge < -0.3 is 10.1 Å². The number of carbonyl (C=O) groups excluding carboxylic acids is 1. The molecule has 1 aromatic carbocycles. The lowest BCUT2D eigenvalue weighted by atomic mass is 9.98. The predicted octanol–water partition coefficient (Wildman–Crippen LogP) is 1.91. The van der Waals surface area contributed by atoms with E-state index in [9.17, 15) is 9.18 Å². The van der Waals surface area contributed by atoms with Crippen molar-refractivity contribution in [2.45, 2.75) is 31.3 Å². The van der Waals surface area contributed by atoms with E-state index in [0.717, 1.165) is 44.5 Å². The summed E-state index contributed by atoms with van der Waals surface area (Å²) >= 11 is 0. The van der Waals surface area contributed by atoms with Crippen LogP contribution in [-0.4, -0.2) is 49.7 Å². The third-order valence-corrected chi connectivity index (χ3v) is 4.54. The van der Waals surface area contributed by atoms with Crippen LogP contribution in [0.4, 0.5) is 4.39 Å². The first-order valence-electron chi connectivity index (χ1n) is 8.07. The summed E-state index contributed by atoms with van der Waals surface area (Å²) in [5, 5.41) is 2.94. The molecule has 0 radical (unpaired) electrons. The van der Waals surface area contributed by atoms with Gasteiger partial charge in [-0.05, 0) is 37.4 Å². The lowest BCUT2D eigenvalue weighted by Crippen LogP contribution is -2.39. The van der Waals surface area contributed by atoms with Gasteiger partial charge in [0.1, 0.15) is 5.82 Å². The van der Waals surface area contributed by atoms with E-state index in [0.29, 0.717) is 13.1 Å². The van der Waals surface area contributed by atoms with Gasteiger partial charge in [-0.3, -0.25) is 9.69 Å². The van der Waals surface area contributed by atoms with Crippen LogP contribution in [0.25, 0.3) is 0 Å². The Balaban J connectivity index is 1.44. The van der Waals surface area contributed by atoms with Crippen molar-refractivity contribution in [3.05, 3.63) is 35.6 Å². The van der Waals surface area contributed by atoms with Gasteiger partial charge in [0.25, 0.3) is 0 Å². The molecule has 2 fully saturated rings. The molecule has 1 aromatic rings. The third-order valence-electron chi connectivity index (χ3n) is 4.54. The first kappa shape index (κ1) is 15.4. The number of nitrogens with zero attached hydrogens (tertiary/aromatic N) is 1.